The number of piperidine rings is 1. The monoisotopic (exact) mass is 342 g/mol. The molecule has 25 heavy (non-hydrogen) atoms. The van der Waals surface area contributed by atoms with Gasteiger partial charge in [-0.3, -0.25) is 4.79 Å². The Morgan fingerprint density at radius 3 is 2.96 bits per heavy atom. The van der Waals surface area contributed by atoms with Gasteiger partial charge in [0.05, 0.1) is 11.3 Å². The van der Waals surface area contributed by atoms with E-state index in [1.807, 2.05) is 0 Å². The molecule has 1 fully saturated rings. The lowest BCUT2D eigenvalue weighted by Crippen LogP contribution is -2.33. The molecule has 2 aromatic rings. The van der Waals surface area contributed by atoms with Crippen molar-refractivity contribution in [2.75, 3.05) is 25.0 Å². The maximum atomic E-state index is 13.8. The number of amides is 1. The van der Waals surface area contributed by atoms with E-state index in [1.165, 1.54) is 18.9 Å². The number of para-hydroxylation sites is 1. The van der Waals surface area contributed by atoms with Gasteiger partial charge in [0.1, 0.15) is 11.6 Å². The van der Waals surface area contributed by atoms with Gasteiger partial charge in [-0.2, -0.15) is 0 Å². The van der Waals surface area contributed by atoms with Crippen LogP contribution in [0.25, 0.3) is 0 Å². The molecule has 3 rings (SSSR count). The number of pyridine rings is 1. The van der Waals surface area contributed by atoms with Crippen LogP contribution in [-0.2, 0) is 0 Å². The molecule has 5 nitrogen and oxygen atoms in total. The van der Waals surface area contributed by atoms with Gasteiger partial charge in [0.15, 0.2) is 0 Å². The average molecular weight is 342 g/mol. The van der Waals surface area contributed by atoms with Gasteiger partial charge in [0.25, 0.3) is 5.91 Å². The minimum Gasteiger partial charge on any atom is -0.352 e. The van der Waals surface area contributed by atoms with Gasteiger partial charge in [0, 0.05) is 12.7 Å². The summed E-state index contributed by atoms with van der Waals surface area (Å²) in [6.45, 7) is 2.73. The SMILES string of the molecule is O=C(NCCC1CCCNC1)c1cccnc1Nc1ccccc1F. The van der Waals surface area contributed by atoms with Crippen LogP contribution in [0.2, 0.25) is 0 Å². The lowest BCUT2D eigenvalue weighted by molar-refractivity contribution is 0.0951. The molecule has 1 saturated heterocycles. The summed E-state index contributed by atoms with van der Waals surface area (Å²) >= 11 is 0. The van der Waals surface area contributed by atoms with Gasteiger partial charge in [-0.15, -0.1) is 0 Å². The number of carbonyl (C=O) groups is 1. The number of anilines is 2. The van der Waals surface area contributed by atoms with Gasteiger partial charge >= 0.3 is 0 Å². The summed E-state index contributed by atoms with van der Waals surface area (Å²) in [5, 5.41) is 9.23. The van der Waals surface area contributed by atoms with Crippen molar-refractivity contribution in [2.24, 2.45) is 5.92 Å². The van der Waals surface area contributed by atoms with Gasteiger partial charge in [-0.05, 0) is 62.5 Å². The van der Waals surface area contributed by atoms with E-state index in [2.05, 4.69) is 20.9 Å². The summed E-state index contributed by atoms with van der Waals surface area (Å²) in [5.74, 6) is 0.378. The summed E-state index contributed by atoms with van der Waals surface area (Å²) in [6.07, 6.45) is 4.93. The Balaban J connectivity index is 1.61. The van der Waals surface area contributed by atoms with Crippen LogP contribution in [0.5, 0.6) is 0 Å². The highest BCUT2D eigenvalue weighted by Gasteiger charge is 2.16. The van der Waals surface area contributed by atoms with Crippen LogP contribution in [0.4, 0.5) is 15.9 Å². The summed E-state index contributed by atoms with van der Waals surface area (Å²) in [6, 6.07) is 9.71. The number of hydrogen-bond donors (Lipinski definition) is 3. The molecule has 3 N–H and O–H groups in total. The summed E-state index contributed by atoms with van der Waals surface area (Å²) < 4.78 is 13.8. The number of nitrogens with zero attached hydrogens (tertiary/aromatic N) is 1. The van der Waals surface area contributed by atoms with E-state index in [9.17, 15) is 9.18 Å². The Bertz CT molecular complexity index is 716. The Morgan fingerprint density at radius 2 is 2.16 bits per heavy atom. The predicted octanol–water partition coefficient (Wildman–Crippen LogP) is 3.08. The van der Waals surface area contributed by atoms with E-state index in [1.54, 1.807) is 36.5 Å². The maximum Gasteiger partial charge on any atom is 0.255 e. The molecule has 1 aliphatic rings. The molecule has 1 amide bonds. The second-order valence-electron chi connectivity index (χ2n) is 6.26. The molecule has 132 valence electrons. The van der Waals surface area contributed by atoms with Crippen LogP contribution in [-0.4, -0.2) is 30.5 Å². The first-order chi connectivity index (χ1) is 12.2. The largest absolute Gasteiger partial charge is 0.352 e. The average Bonchev–Trinajstić information content (AvgIpc) is 2.65. The number of halogens is 1. The van der Waals surface area contributed by atoms with Gasteiger partial charge in [-0.25, -0.2) is 9.37 Å². The molecule has 6 heteroatoms. The first-order valence-electron chi connectivity index (χ1n) is 8.69. The second kappa shape index (κ2) is 8.58. The molecule has 1 aliphatic heterocycles. The Kier molecular flexibility index (Phi) is 5.95. The highest BCUT2D eigenvalue weighted by molar-refractivity contribution is 5.99. The minimum atomic E-state index is -0.385. The van der Waals surface area contributed by atoms with Crippen LogP contribution in [0.1, 0.15) is 29.6 Å². The van der Waals surface area contributed by atoms with Crippen LogP contribution in [0, 0.1) is 11.7 Å². The summed E-state index contributed by atoms with van der Waals surface area (Å²) in [5.41, 5.74) is 0.705. The fraction of sp³-hybridized carbons (Fsp3) is 0.368. The normalized spacial score (nSPS) is 17.1. The van der Waals surface area contributed by atoms with E-state index >= 15 is 0 Å². The number of benzene rings is 1. The zero-order chi connectivity index (χ0) is 17.5. The Morgan fingerprint density at radius 1 is 1.28 bits per heavy atom. The number of nitrogens with one attached hydrogen (secondary N) is 3. The van der Waals surface area contributed by atoms with Crippen molar-refractivity contribution in [2.45, 2.75) is 19.3 Å². The maximum absolute atomic E-state index is 13.8. The standard InChI is InChI=1S/C19H23FN4O/c20-16-7-1-2-8-17(16)24-18-15(6-4-11-22-18)19(25)23-12-9-14-5-3-10-21-13-14/h1-2,4,6-8,11,14,21H,3,5,9-10,12-13H2,(H,22,24)(H,23,25). The Hall–Kier alpha value is -2.47. The topological polar surface area (TPSA) is 66.0 Å². The van der Waals surface area contributed by atoms with Crippen molar-refractivity contribution in [3.8, 4) is 0 Å². The van der Waals surface area contributed by atoms with Crippen LogP contribution >= 0.6 is 0 Å². The first kappa shape index (κ1) is 17.4. The third-order valence-corrected chi connectivity index (χ3v) is 4.42. The molecular weight excluding hydrogens is 319 g/mol. The first-order valence-corrected chi connectivity index (χ1v) is 8.69. The molecule has 0 radical (unpaired) electrons. The molecule has 1 aromatic heterocycles. The van der Waals surface area contributed by atoms with Crippen molar-refractivity contribution < 1.29 is 9.18 Å². The molecule has 2 heterocycles. The van der Waals surface area contributed by atoms with Crippen molar-refractivity contribution in [1.29, 1.82) is 0 Å². The smallest absolute Gasteiger partial charge is 0.255 e. The third-order valence-electron chi connectivity index (χ3n) is 4.42. The zero-order valence-corrected chi connectivity index (χ0v) is 14.1. The molecule has 0 aliphatic carbocycles. The van der Waals surface area contributed by atoms with E-state index in [-0.39, 0.29) is 11.7 Å². The molecule has 1 unspecified atom stereocenters. The molecular formula is C19H23FN4O. The van der Waals surface area contributed by atoms with Crippen molar-refractivity contribution in [3.05, 3.63) is 54.0 Å². The number of hydrogen-bond acceptors (Lipinski definition) is 4. The third kappa shape index (κ3) is 4.76. The summed E-state index contributed by atoms with van der Waals surface area (Å²) in [4.78, 5) is 16.7. The quantitative estimate of drug-likeness (QED) is 0.755. The van der Waals surface area contributed by atoms with Crippen molar-refractivity contribution >= 4 is 17.4 Å². The number of rotatable bonds is 6. The predicted molar refractivity (Wildman–Crippen MR) is 96.5 cm³/mol. The number of carbonyl (C=O) groups excluding carboxylic acids is 1. The van der Waals surface area contributed by atoms with Crippen LogP contribution < -0.4 is 16.0 Å². The minimum absolute atomic E-state index is 0.198. The lowest BCUT2D eigenvalue weighted by atomic mass is 9.96. The van der Waals surface area contributed by atoms with Crippen molar-refractivity contribution in [3.63, 3.8) is 0 Å². The molecule has 1 aromatic carbocycles. The number of aromatic nitrogens is 1. The lowest BCUT2D eigenvalue weighted by Gasteiger charge is -2.22. The Labute approximate surface area is 147 Å². The van der Waals surface area contributed by atoms with Gasteiger partial charge < -0.3 is 16.0 Å². The van der Waals surface area contributed by atoms with Crippen molar-refractivity contribution in [1.82, 2.24) is 15.6 Å². The summed E-state index contributed by atoms with van der Waals surface area (Å²) in [7, 11) is 0. The fourth-order valence-corrected chi connectivity index (χ4v) is 3.03. The van der Waals surface area contributed by atoms with E-state index < -0.39 is 0 Å². The van der Waals surface area contributed by atoms with E-state index in [4.69, 9.17) is 0 Å². The molecule has 1 atom stereocenters. The van der Waals surface area contributed by atoms with Crippen LogP contribution in [0.15, 0.2) is 42.6 Å². The second-order valence-corrected chi connectivity index (χ2v) is 6.26. The van der Waals surface area contributed by atoms with E-state index in [0.29, 0.717) is 29.5 Å². The van der Waals surface area contributed by atoms with Gasteiger partial charge in [0.2, 0.25) is 0 Å². The zero-order valence-electron chi connectivity index (χ0n) is 14.1. The fourth-order valence-electron chi connectivity index (χ4n) is 3.03. The van der Waals surface area contributed by atoms with Crippen LogP contribution in [0.3, 0.4) is 0 Å². The molecule has 0 spiro atoms. The molecule has 0 saturated carbocycles. The van der Waals surface area contributed by atoms with Gasteiger partial charge in [-0.1, -0.05) is 12.1 Å². The highest BCUT2D eigenvalue weighted by Crippen LogP contribution is 2.21. The highest BCUT2D eigenvalue weighted by atomic mass is 19.1. The van der Waals surface area contributed by atoms with E-state index in [0.717, 1.165) is 19.5 Å². The molecule has 0 bridgehead atoms.